The molecule has 0 atom stereocenters. The van der Waals surface area contributed by atoms with Crippen molar-refractivity contribution in [1.82, 2.24) is 9.13 Å². The van der Waals surface area contributed by atoms with Crippen LogP contribution in [0.5, 0.6) is 0 Å². The lowest BCUT2D eigenvalue weighted by Gasteiger charge is -2.22. The van der Waals surface area contributed by atoms with Gasteiger partial charge >= 0.3 is 0 Å². The van der Waals surface area contributed by atoms with Crippen LogP contribution in [0.25, 0.3) is 132 Å². The van der Waals surface area contributed by atoms with Crippen molar-refractivity contribution < 1.29 is 0 Å². The Labute approximate surface area is 411 Å². The fourth-order valence-corrected chi connectivity index (χ4v) is 12.6. The van der Waals surface area contributed by atoms with Crippen LogP contribution >= 0.6 is 0 Å². The van der Waals surface area contributed by atoms with Crippen molar-refractivity contribution >= 4 is 75.9 Å². The van der Waals surface area contributed by atoms with Gasteiger partial charge in [0.1, 0.15) is 0 Å². The molecule has 71 heavy (non-hydrogen) atoms. The van der Waals surface area contributed by atoms with E-state index in [9.17, 15) is 0 Å². The van der Waals surface area contributed by atoms with E-state index in [1.54, 1.807) is 0 Å². The number of hydrogen-bond donors (Lipinski definition) is 0. The molecule has 0 N–H and O–H groups in total. The van der Waals surface area contributed by atoms with Gasteiger partial charge < -0.3 is 9.13 Å². The van der Waals surface area contributed by atoms with Gasteiger partial charge in [-0.3, -0.25) is 0 Å². The fraction of sp³-hybridized carbons (Fsp3) is 0.0435. The monoisotopic (exact) mass is 902 g/mol. The fourth-order valence-electron chi connectivity index (χ4n) is 12.6. The van der Waals surface area contributed by atoms with E-state index in [0.717, 1.165) is 11.4 Å². The molecule has 1 aliphatic carbocycles. The number of fused-ring (bicyclic) bond motifs is 16. The zero-order chi connectivity index (χ0) is 47.0. The van der Waals surface area contributed by atoms with Gasteiger partial charge in [-0.1, -0.05) is 172 Å². The molecule has 0 saturated heterocycles. The second kappa shape index (κ2) is 15.0. The Morgan fingerprint density at radius 1 is 0.268 bits per heavy atom. The van der Waals surface area contributed by atoms with Crippen molar-refractivity contribution in [2.45, 2.75) is 19.3 Å². The van der Waals surface area contributed by atoms with Crippen LogP contribution in [0, 0.1) is 0 Å². The maximum Gasteiger partial charge on any atom is 0.0541 e. The Morgan fingerprint density at radius 3 is 1.25 bits per heavy atom. The summed E-state index contributed by atoms with van der Waals surface area (Å²) >= 11 is 0. The lowest BCUT2D eigenvalue weighted by Crippen LogP contribution is -2.14. The molecule has 2 nitrogen and oxygen atoms in total. The predicted octanol–water partition coefficient (Wildman–Crippen LogP) is 18.6. The lowest BCUT2D eigenvalue weighted by molar-refractivity contribution is 0.661. The summed E-state index contributed by atoms with van der Waals surface area (Å²) in [5, 5.41) is 12.8. The van der Waals surface area contributed by atoms with E-state index in [4.69, 9.17) is 0 Å². The molecule has 0 fully saturated rings. The number of aromatic nitrogens is 2. The minimum Gasteiger partial charge on any atom is -0.309 e. The second-order valence-electron chi connectivity index (χ2n) is 20.0. The van der Waals surface area contributed by atoms with Crippen LogP contribution in [-0.4, -0.2) is 9.13 Å². The van der Waals surface area contributed by atoms with Crippen LogP contribution in [0.15, 0.2) is 243 Å². The average molecular weight is 903 g/mol. The molecular formula is C69H46N2. The molecule has 2 aromatic heterocycles. The summed E-state index contributed by atoms with van der Waals surface area (Å²) in [4.78, 5) is 0. The van der Waals surface area contributed by atoms with E-state index >= 15 is 0 Å². The first-order chi connectivity index (χ1) is 35.0. The topological polar surface area (TPSA) is 9.86 Å². The Morgan fingerprint density at radius 2 is 0.676 bits per heavy atom. The van der Waals surface area contributed by atoms with Crippen LogP contribution in [-0.2, 0) is 5.41 Å². The summed E-state index contributed by atoms with van der Waals surface area (Å²) in [6.07, 6.45) is 0. The van der Waals surface area contributed by atoms with Gasteiger partial charge in [0.05, 0.1) is 22.1 Å². The highest BCUT2D eigenvalue weighted by molar-refractivity contribution is 6.30. The van der Waals surface area contributed by atoms with E-state index in [1.165, 1.54) is 132 Å². The van der Waals surface area contributed by atoms with Crippen LogP contribution in [0.4, 0.5) is 0 Å². The number of benzene rings is 12. The second-order valence-corrected chi connectivity index (χ2v) is 20.0. The van der Waals surface area contributed by atoms with Gasteiger partial charge in [-0.15, -0.1) is 0 Å². The normalized spacial score (nSPS) is 13.0. The molecule has 12 aromatic carbocycles. The third-order valence-corrected chi connectivity index (χ3v) is 15.9. The van der Waals surface area contributed by atoms with Crippen LogP contribution in [0.3, 0.4) is 0 Å². The van der Waals surface area contributed by atoms with Gasteiger partial charge in [0.25, 0.3) is 0 Å². The first-order valence-corrected chi connectivity index (χ1v) is 24.8. The highest BCUT2D eigenvalue weighted by Crippen LogP contribution is 2.54. The summed E-state index contributed by atoms with van der Waals surface area (Å²) in [6, 6.07) is 90.5. The minimum absolute atomic E-state index is 0.0737. The predicted molar refractivity (Wildman–Crippen MR) is 302 cm³/mol. The molecule has 0 amide bonds. The van der Waals surface area contributed by atoms with Crippen molar-refractivity contribution in [3.8, 4) is 55.9 Å². The Kier molecular flexibility index (Phi) is 8.45. The van der Waals surface area contributed by atoms with Crippen molar-refractivity contribution in [3.63, 3.8) is 0 Å². The molecule has 0 bridgehead atoms. The maximum absolute atomic E-state index is 2.46. The molecule has 0 saturated carbocycles. The van der Waals surface area contributed by atoms with Crippen LogP contribution < -0.4 is 0 Å². The smallest absolute Gasteiger partial charge is 0.0541 e. The zero-order valence-electron chi connectivity index (χ0n) is 39.5. The van der Waals surface area contributed by atoms with E-state index in [1.807, 2.05) is 0 Å². The highest BCUT2D eigenvalue weighted by atomic mass is 15.0. The Hall–Kier alpha value is -8.98. The van der Waals surface area contributed by atoms with E-state index < -0.39 is 0 Å². The Balaban J connectivity index is 0.967. The summed E-state index contributed by atoms with van der Waals surface area (Å²) < 4.78 is 4.79. The standard InChI is InChI=1S/C69H46N2/c1-69(2)61-26-14-11-25-57(61)68-62(69)34-33-56-52-32-29-43(40-58(52)51-21-9-10-24-55(51)67(56)68)46-37-47(44-30-35-65-59(41-44)53-22-12-15-27-63(53)70(65)49-17-5-3-6-18-49)39-48(38-46)45-31-36-66-60(42-45)54-23-13-16-28-64(54)71(66)50-19-7-4-8-20-50/h3-42H,1-2H3. The van der Waals surface area contributed by atoms with Crippen molar-refractivity contribution in [3.05, 3.63) is 254 Å². The summed E-state index contributed by atoms with van der Waals surface area (Å²) in [5.41, 5.74) is 19.7. The lowest BCUT2D eigenvalue weighted by atomic mass is 9.81. The molecule has 0 aliphatic heterocycles. The first-order valence-electron chi connectivity index (χ1n) is 24.8. The van der Waals surface area contributed by atoms with Gasteiger partial charge in [-0.2, -0.15) is 0 Å². The van der Waals surface area contributed by atoms with E-state index in [-0.39, 0.29) is 5.41 Å². The molecule has 15 rings (SSSR count). The highest BCUT2D eigenvalue weighted by Gasteiger charge is 2.36. The molecule has 2 heteroatoms. The average Bonchev–Trinajstić information content (AvgIpc) is 4.03. The first kappa shape index (κ1) is 40.0. The van der Waals surface area contributed by atoms with Gasteiger partial charge in [0, 0.05) is 38.3 Å². The summed E-state index contributed by atoms with van der Waals surface area (Å²) in [5.74, 6) is 0. The Bertz CT molecular complexity index is 4330. The molecule has 14 aromatic rings. The van der Waals surface area contributed by atoms with Gasteiger partial charge in [-0.05, 0) is 173 Å². The molecule has 2 heterocycles. The molecule has 0 spiro atoms. The van der Waals surface area contributed by atoms with Gasteiger partial charge in [0.15, 0.2) is 0 Å². The number of hydrogen-bond acceptors (Lipinski definition) is 0. The third-order valence-electron chi connectivity index (χ3n) is 15.9. The summed E-state index contributed by atoms with van der Waals surface area (Å²) in [6.45, 7) is 4.76. The molecule has 0 radical (unpaired) electrons. The van der Waals surface area contributed by atoms with Crippen LogP contribution in [0.2, 0.25) is 0 Å². The molecule has 0 unspecified atom stereocenters. The SMILES string of the molecule is CC1(C)c2ccccc2-c2c1ccc1c3ccc(-c4cc(-c5ccc6c(c5)c5ccccc5n6-c5ccccc5)cc(-c5ccc6c(c5)c5ccccc5n6-c5ccccc5)c4)cc3c3ccccc3c21. The van der Waals surface area contributed by atoms with Crippen molar-refractivity contribution in [2.24, 2.45) is 0 Å². The maximum atomic E-state index is 2.46. The summed E-state index contributed by atoms with van der Waals surface area (Å²) in [7, 11) is 0. The number of para-hydroxylation sites is 4. The van der Waals surface area contributed by atoms with Gasteiger partial charge in [-0.25, -0.2) is 0 Å². The van der Waals surface area contributed by atoms with E-state index in [2.05, 4.69) is 266 Å². The number of rotatable bonds is 5. The van der Waals surface area contributed by atoms with Crippen molar-refractivity contribution in [1.29, 1.82) is 0 Å². The quantitative estimate of drug-likeness (QED) is 0.152. The molecule has 332 valence electrons. The zero-order valence-corrected chi connectivity index (χ0v) is 39.5. The van der Waals surface area contributed by atoms with Crippen molar-refractivity contribution in [2.75, 3.05) is 0 Å². The minimum atomic E-state index is -0.0737. The largest absolute Gasteiger partial charge is 0.309 e. The molecular weight excluding hydrogens is 857 g/mol. The van der Waals surface area contributed by atoms with Crippen LogP contribution in [0.1, 0.15) is 25.0 Å². The number of nitrogens with zero attached hydrogens (tertiary/aromatic N) is 2. The van der Waals surface area contributed by atoms with E-state index in [0.29, 0.717) is 0 Å². The van der Waals surface area contributed by atoms with Gasteiger partial charge in [0.2, 0.25) is 0 Å². The third kappa shape index (κ3) is 5.83. The molecule has 1 aliphatic rings.